The van der Waals surface area contributed by atoms with Crippen LogP contribution in [0.3, 0.4) is 0 Å². The van der Waals surface area contributed by atoms with E-state index in [2.05, 4.69) is 24.2 Å². The molecule has 0 aliphatic carbocycles. The van der Waals surface area contributed by atoms with E-state index in [0.717, 1.165) is 24.9 Å². The van der Waals surface area contributed by atoms with Crippen LogP contribution in [0.1, 0.15) is 17.5 Å². The molecule has 0 atom stereocenters. The number of hydrogen-bond donors (Lipinski definition) is 1. The van der Waals surface area contributed by atoms with E-state index < -0.39 is 0 Å². The second-order valence-corrected chi connectivity index (χ2v) is 4.83. The van der Waals surface area contributed by atoms with Crippen LogP contribution in [-0.2, 0) is 12.8 Å². The van der Waals surface area contributed by atoms with Gasteiger partial charge in [0.25, 0.3) is 0 Å². The Balaban J connectivity index is 1.77. The first-order valence-electron chi connectivity index (χ1n) is 7.12. The van der Waals surface area contributed by atoms with Gasteiger partial charge in [-0.2, -0.15) is 5.48 Å². The van der Waals surface area contributed by atoms with E-state index in [9.17, 15) is 4.39 Å². The van der Waals surface area contributed by atoms with Crippen molar-refractivity contribution >= 4 is 0 Å². The second-order valence-electron chi connectivity index (χ2n) is 4.83. The van der Waals surface area contributed by atoms with Crippen LogP contribution in [-0.4, -0.2) is 6.54 Å². The number of halogens is 1. The molecule has 21 heavy (non-hydrogen) atoms. The molecule has 2 nitrogen and oxygen atoms in total. The summed E-state index contributed by atoms with van der Waals surface area (Å²) in [5.74, 6) is 0.388. The SMILES string of the molecule is C=CCc1cc(F)ccc1ONCCCc1ccccc1. The fourth-order valence-corrected chi connectivity index (χ4v) is 2.10. The Morgan fingerprint density at radius 3 is 2.71 bits per heavy atom. The molecule has 0 aliphatic rings. The van der Waals surface area contributed by atoms with Crippen LogP contribution in [0.4, 0.5) is 4.39 Å². The highest BCUT2D eigenvalue weighted by molar-refractivity contribution is 5.35. The Hall–Kier alpha value is -2.13. The van der Waals surface area contributed by atoms with Crippen LogP contribution in [0.25, 0.3) is 0 Å². The molecular formula is C18H20FNO. The van der Waals surface area contributed by atoms with Crippen molar-refractivity contribution in [2.24, 2.45) is 0 Å². The molecule has 3 heteroatoms. The number of rotatable bonds is 8. The van der Waals surface area contributed by atoms with Gasteiger partial charge in [-0.15, -0.1) is 6.58 Å². The minimum atomic E-state index is -0.261. The van der Waals surface area contributed by atoms with Gasteiger partial charge in [0.05, 0.1) is 0 Å². The fraction of sp³-hybridized carbons (Fsp3) is 0.222. The summed E-state index contributed by atoms with van der Waals surface area (Å²) in [7, 11) is 0. The molecule has 0 fully saturated rings. The van der Waals surface area contributed by atoms with Crippen LogP contribution >= 0.6 is 0 Å². The van der Waals surface area contributed by atoms with Gasteiger partial charge in [0, 0.05) is 12.1 Å². The molecule has 110 valence electrons. The Labute approximate surface area is 125 Å². The summed E-state index contributed by atoms with van der Waals surface area (Å²) in [6.45, 7) is 4.41. The van der Waals surface area contributed by atoms with Crippen LogP contribution < -0.4 is 10.3 Å². The molecule has 0 spiro atoms. The van der Waals surface area contributed by atoms with Crippen molar-refractivity contribution in [1.29, 1.82) is 0 Å². The largest absolute Gasteiger partial charge is 0.408 e. The molecule has 2 aromatic carbocycles. The maximum Gasteiger partial charge on any atom is 0.150 e. The Morgan fingerprint density at radius 1 is 1.14 bits per heavy atom. The Bertz CT molecular complexity index is 569. The van der Waals surface area contributed by atoms with Crippen LogP contribution in [0.5, 0.6) is 5.75 Å². The predicted octanol–water partition coefficient (Wildman–Crippen LogP) is 4.07. The Kier molecular flexibility index (Phi) is 5.98. The summed E-state index contributed by atoms with van der Waals surface area (Å²) in [5, 5.41) is 0. The van der Waals surface area contributed by atoms with Gasteiger partial charge in [0.2, 0.25) is 0 Å². The molecule has 0 saturated heterocycles. The first-order valence-corrected chi connectivity index (χ1v) is 7.12. The summed E-state index contributed by atoms with van der Waals surface area (Å²) >= 11 is 0. The lowest BCUT2D eigenvalue weighted by atomic mass is 10.1. The standard InChI is InChI=1S/C18H20FNO/c1-2-7-16-14-17(19)11-12-18(16)21-20-13-6-10-15-8-4-3-5-9-15/h2-5,8-9,11-12,14,20H,1,6-7,10,13H2. The van der Waals surface area contributed by atoms with Gasteiger partial charge in [-0.1, -0.05) is 36.4 Å². The lowest BCUT2D eigenvalue weighted by molar-refractivity contribution is 0.192. The van der Waals surface area contributed by atoms with E-state index in [0.29, 0.717) is 12.2 Å². The van der Waals surface area contributed by atoms with E-state index in [1.165, 1.54) is 17.7 Å². The summed E-state index contributed by atoms with van der Waals surface area (Å²) < 4.78 is 13.2. The van der Waals surface area contributed by atoms with E-state index in [1.54, 1.807) is 12.1 Å². The van der Waals surface area contributed by atoms with E-state index in [4.69, 9.17) is 4.84 Å². The van der Waals surface area contributed by atoms with Gasteiger partial charge in [-0.25, -0.2) is 4.39 Å². The molecule has 0 bridgehead atoms. The quantitative estimate of drug-likeness (QED) is 0.448. The molecule has 0 aromatic heterocycles. The molecule has 0 radical (unpaired) electrons. The van der Waals surface area contributed by atoms with Gasteiger partial charge in [-0.05, 0) is 43.0 Å². The molecule has 0 aliphatic heterocycles. The maximum atomic E-state index is 13.2. The minimum Gasteiger partial charge on any atom is -0.408 e. The smallest absolute Gasteiger partial charge is 0.150 e. The predicted molar refractivity (Wildman–Crippen MR) is 83.7 cm³/mol. The van der Waals surface area contributed by atoms with E-state index in [-0.39, 0.29) is 5.82 Å². The molecule has 0 amide bonds. The van der Waals surface area contributed by atoms with Crippen molar-refractivity contribution in [3.05, 3.63) is 78.1 Å². The third kappa shape index (κ3) is 5.04. The number of aryl methyl sites for hydroxylation is 1. The third-order valence-corrected chi connectivity index (χ3v) is 3.16. The number of nitrogens with one attached hydrogen (secondary N) is 1. The molecule has 0 heterocycles. The zero-order valence-corrected chi connectivity index (χ0v) is 12.0. The first-order chi connectivity index (χ1) is 10.3. The van der Waals surface area contributed by atoms with E-state index in [1.807, 2.05) is 18.2 Å². The summed E-state index contributed by atoms with van der Waals surface area (Å²) in [4.78, 5) is 5.52. The normalized spacial score (nSPS) is 10.3. The maximum absolute atomic E-state index is 13.2. The highest BCUT2D eigenvalue weighted by atomic mass is 19.1. The van der Waals surface area contributed by atoms with Gasteiger partial charge in [0.1, 0.15) is 5.82 Å². The van der Waals surface area contributed by atoms with Crippen molar-refractivity contribution in [1.82, 2.24) is 5.48 Å². The zero-order chi connectivity index (χ0) is 14.9. The molecule has 2 aromatic rings. The second kappa shape index (κ2) is 8.22. The van der Waals surface area contributed by atoms with Gasteiger partial charge < -0.3 is 4.84 Å². The highest BCUT2D eigenvalue weighted by Gasteiger charge is 2.04. The average Bonchev–Trinajstić information content (AvgIpc) is 2.50. The number of benzene rings is 2. The van der Waals surface area contributed by atoms with Crippen molar-refractivity contribution in [2.45, 2.75) is 19.3 Å². The monoisotopic (exact) mass is 285 g/mol. The van der Waals surface area contributed by atoms with Crippen LogP contribution in [0, 0.1) is 5.82 Å². The molecular weight excluding hydrogens is 265 g/mol. The first kappa shape index (κ1) is 15.3. The van der Waals surface area contributed by atoms with Crippen LogP contribution in [0.2, 0.25) is 0 Å². The highest BCUT2D eigenvalue weighted by Crippen LogP contribution is 2.19. The molecule has 0 saturated carbocycles. The topological polar surface area (TPSA) is 21.3 Å². The van der Waals surface area contributed by atoms with Crippen molar-refractivity contribution in [2.75, 3.05) is 6.54 Å². The average molecular weight is 285 g/mol. The van der Waals surface area contributed by atoms with Gasteiger partial charge >= 0.3 is 0 Å². The lowest BCUT2D eigenvalue weighted by Crippen LogP contribution is -2.21. The molecule has 2 rings (SSSR count). The lowest BCUT2D eigenvalue weighted by Gasteiger charge is -2.11. The van der Waals surface area contributed by atoms with E-state index >= 15 is 0 Å². The van der Waals surface area contributed by atoms with Crippen molar-refractivity contribution < 1.29 is 9.23 Å². The fourth-order valence-electron chi connectivity index (χ4n) is 2.10. The number of hydroxylamine groups is 1. The zero-order valence-electron chi connectivity index (χ0n) is 12.0. The third-order valence-electron chi connectivity index (χ3n) is 3.16. The van der Waals surface area contributed by atoms with Gasteiger partial charge in [-0.3, -0.25) is 0 Å². The summed E-state index contributed by atoms with van der Waals surface area (Å²) in [5.41, 5.74) is 5.04. The number of allylic oxidation sites excluding steroid dienone is 1. The molecule has 1 N–H and O–H groups in total. The van der Waals surface area contributed by atoms with Crippen molar-refractivity contribution in [3.63, 3.8) is 0 Å². The molecule has 0 unspecified atom stereocenters. The van der Waals surface area contributed by atoms with Crippen LogP contribution in [0.15, 0.2) is 61.2 Å². The number of hydrogen-bond acceptors (Lipinski definition) is 2. The Morgan fingerprint density at radius 2 is 1.95 bits per heavy atom. The summed E-state index contributed by atoms with van der Waals surface area (Å²) in [6, 6.07) is 14.8. The van der Waals surface area contributed by atoms with Crippen molar-refractivity contribution in [3.8, 4) is 5.75 Å². The van der Waals surface area contributed by atoms with Gasteiger partial charge in [0.15, 0.2) is 5.75 Å². The summed E-state index contributed by atoms with van der Waals surface area (Å²) in [6.07, 6.45) is 4.29. The minimum absolute atomic E-state index is 0.261.